The van der Waals surface area contributed by atoms with E-state index in [1.54, 1.807) is 0 Å². The van der Waals surface area contributed by atoms with E-state index in [0.717, 1.165) is 24.3 Å². The predicted molar refractivity (Wildman–Crippen MR) is 59.9 cm³/mol. The fourth-order valence-corrected chi connectivity index (χ4v) is 3.36. The Labute approximate surface area is 87.9 Å². The van der Waals surface area contributed by atoms with Gasteiger partial charge in [-0.05, 0) is 44.1 Å². The Kier molecular flexibility index (Phi) is 3.13. The molecule has 0 aromatic heterocycles. The lowest BCUT2D eigenvalue weighted by molar-refractivity contribution is 0.0766. The van der Waals surface area contributed by atoms with Crippen LogP contribution in [0.15, 0.2) is 0 Å². The van der Waals surface area contributed by atoms with Gasteiger partial charge in [0.05, 0.1) is 6.54 Å². The molecule has 0 saturated heterocycles. The third-order valence-corrected chi connectivity index (χ3v) is 4.10. The Morgan fingerprint density at radius 1 is 1.29 bits per heavy atom. The molecule has 0 spiro atoms. The fraction of sp³-hybridized carbons (Fsp3) is 0.846. The van der Waals surface area contributed by atoms with E-state index in [4.69, 9.17) is 6.42 Å². The summed E-state index contributed by atoms with van der Waals surface area (Å²) in [6.45, 7) is 2.04. The van der Waals surface area contributed by atoms with E-state index in [1.807, 2.05) is 0 Å². The molecule has 1 nitrogen and oxygen atoms in total. The summed E-state index contributed by atoms with van der Waals surface area (Å²) in [5, 5.41) is 0. The van der Waals surface area contributed by atoms with Gasteiger partial charge in [0.15, 0.2) is 0 Å². The van der Waals surface area contributed by atoms with Crippen molar-refractivity contribution in [2.75, 3.05) is 20.1 Å². The lowest BCUT2D eigenvalue weighted by Gasteiger charge is -2.43. The van der Waals surface area contributed by atoms with Crippen LogP contribution >= 0.6 is 0 Å². The molecule has 1 heteroatoms. The normalized spacial score (nSPS) is 35.9. The molecule has 0 radical (unpaired) electrons. The van der Waals surface area contributed by atoms with Crippen molar-refractivity contribution in [2.45, 2.75) is 32.1 Å². The molecule has 1 unspecified atom stereocenters. The highest BCUT2D eigenvalue weighted by Gasteiger charge is 2.35. The Balaban J connectivity index is 1.84. The molecule has 1 atom stereocenters. The minimum atomic E-state index is 0.813. The van der Waals surface area contributed by atoms with E-state index >= 15 is 0 Å². The van der Waals surface area contributed by atoms with Crippen molar-refractivity contribution in [3.05, 3.63) is 0 Å². The van der Waals surface area contributed by atoms with Crippen molar-refractivity contribution in [3.8, 4) is 12.3 Å². The monoisotopic (exact) mass is 191 g/mol. The molecule has 0 aliphatic heterocycles. The van der Waals surface area contributed by atoms with Crippen LogP contribution in [0.1, 0.15) is 32.1 Å². The molecule has 78 valence electrons. The number of fused-ring (bicyclic) bond motifs is 3. The molecule has 2 bridgehead atoms. The van der Waals surface area contributed by atoms with Gasteiger partial charge in [-0.15, -0.1) is 6.42 Å². The zero-order chi connectivity index (χ0) is 9.97. The molecule has 14 heavy (non-hydrogen) atoms. The summed E-state index contributed by atoms with van der Waals surface area (Å²) >= 11 is 0. The SMILES string of the molecule is C#CCN(C)CC1CC2CCC1CC2. The molecule has 3 aliphatic rings. The van der Waals surface area contributed by atoms with Crippen molar-refractivity contribution >= 4 is 0 Å². The summed E-state index contributed by atoms with van der Waals surface area (Å²) in [4.78, 5) is 2.31. The molecule has 3 fully saturated rings. The van der Waals surface area contributed by atoms with Crippen LogP contribution in [-0.2, 0) is 0 Å². The molecule has 3 saturated carbocycles. The molecule has 0 heterocycles. The van der Waals surface area contributed by atoms with E-state index in [-0.39, 0.29) is 0 Å². The second-order valence-electron chi connectivity index (χ2n) is 5.18. The lowest BCUT2D eigenvalue weighted by atomic mass is 9.64. The Hall–Kier alpha value is -0.480. The zero-order valence-corrected chi connectivity index (χ0v) is 9.21. The first kappa shape index (κ1) is 10.1. The standard InChI is InChI=1S/C13H21N/c1-3-8-14(2)10-13-9-11-4-6-12(13)7-5-11/h1,11-13H,4-10H2,2H3. The highest BCUT2D eigenvalue weighted by atomic mass is 15.1. The van der Waals surface area contributed by atoms with Crippen molar-refractivity contribution in [2.24, 2.45) is 17.8 Å². The van der Waals surface area contributed by atoms with Crippen LogP contribution < -0.4 is 0 Å². The van der Waals surface area contributed by atoms with Crippen molar-refractivity contribution in [1.82, 2.24) is 4.90 Å². The van der Waals surface area contributed by atoms with Crippen LogP contribution in [0.4, 0.5) is 0 Å². The number of rotatable bonds is 3. The molecular weight excluding hydrogens is 170 g/mol. The first-order valence-corrected chi connectivity index (χ1v) is 5.91. The van der Waals surface area contributed by atoms with Crippen LogP contribution in [0.2, 0.25) is 0 Å². The van der Waals surface area contributed by atoms with Crippen LogP contribution in [0, 0.1) is 30.1 Å². The fourth-order valence-electron chi connectivity index (χ4n) is 3.36. The van der Waals surface area contributed by atoms with Gasteiger partial charge in [0, 0.05) is 6.54 Å². The van der Waals surface area contributed by atoms with Crippen LogP contribution in [-0.4, -0.2) is 25.0 Å². The second kappa shape index (κ2) is 4.36. The number of nitrogens with zero attached hydrogens (tertiary/aromatic N) is 1. The van der Waals surface area contributed by atoms with Crippen LogP contribution in [0.5, 0.6) is 0 Å². The maximum Gasteiger partial charge on any atom is 0.0596 e. The predicted octanol–water partition coefficient (Wildman–Crippen LogP) is 2.38. The maximum absolute atomic E-state index is 5.32. The highest BCUT2D eigenvalue weighted by Crippen LogP contribution is 2.44. The van der Waals surface area contributed by atoms with Crippen LogP contribution in [0.3, 0.4) is 0 Å². The van der Waals surface area contributed by atoms with Crippen molar-refractivity contribution < 1.29 is 0 Å². The summed E-state index contributed by atoms with van der Waals surface area (Å²) in [6.07, 6.45) is 12.8. The first-order chi connectivity index (χ1) is 6.79. The van der Waals surface area contributed by atoms with Crippen LogP contribution in [0.25, 0.3) is 0 Å². The zero-order valence-electron chi connectivity index (χ0n) is 9.21. The summed E-state index contributed by atoms with van der Waals surface area (Å²) in [5.74, 6) is 5.73. The molecule has 0 aromatic rings. The van der Waals surface area contributed by atoms with E-state index < -0.39 is 0 Å². The Morgan fingerprint density at radius 3 is 2.50 bits per heavy atom. The molecule has 0 aromatic carbocycles. The molecular formula is C13H21N. The lowest BCUT2D eigenvalue weighted by Crippen LogP contribution is -2.38. The number of terminal acetylenes is 1. The Morgan fingerprint density at radius 2 is 2.00 bits per heavy atom. The van der Waals surface area contributed by atoms with Gasteiger partial charge in [0.2, 0.25) is 0 Å². The second-order valence-corrected chi connectivity index (χ2v) is 5.18. The molecule has 0 N–H and O–H groups in total. The summed E-state index contributed by atoms with van der Waals surface area (Å²) in [7, 11) is 2.15. The largest absolute Gasteiger partial charge is 0.295 e. The number of hydrogen-bond donors (Lipinski definition) is 0. The van der Waals surface area contributed by atoms with Gasteiger partial charge >= 0.3 is 0 Å². The Bertz CT molecular complexity index is 220. The van der Waals surface area contributed by atoms with E-state index in [2.05, 4.69) is 17.9 Å². The molecule has 0 amide bonds. The van der Waals surface area contributed by atoms with Gasteiger partial charge in [-0.25, -0.2) is 0 Å². The average molecular weight is 191 g/mol. The molecule has 3 rings (SSSR count). The van der Waals surface area contributed by atoms with Gasteiger partial charge in [-0.2, -0.15) is 0 Å². The van der Waals surface area contributed by atoms with Crippen molar-refractivity contribution in [3.63, 3.8) is 0 Å². The third kappa shape index (κ3) is 2.12. The van der Waals surface area contributed by atoms with Crippen molar-refractivity contribution in [1.29, 1.82) is 0 Å². The van der Waals surface area contributed by atoms with Gasteiger partial charge in [0.25, 0.3) is 0 Å². The minimum absolute atomic E-state index is 0.813. The maximum atomic E-state index is 5.32. The minimum Gasteiger partial charge on any atom is -0.295 e. The van der Waals surface area contributed by atoms with E-state index in [9.17, 15) is 0 Å². The van der Waals surface area contributed by atoms with E-state index in [0.29, 0.717) is 0 Å². The van der Waals surface area contributed by atoms with Gasteiger partial charge < -0.3 is 0 Å². The number of hydrogen-bond acceptors (Lipinski definition) is 1. The highest BCUT2D eigenvalue weighted by molar-refractivity contribution is 4.91. The molecule has 3 aliphatic carbocycles. The summed E-state index contributed by atoms with van der Waals surface area (Å²) in [5.41, 5.74) is 0. The van der Waals surface area contributed by atoms with Gasteiger partial charge in [-0.1, -0.05) is 18.8 Å². The third-order valence-electron chi connectivity index (χ3n) is 4.10. The topological polar surface area (TPSA) is 3.24 Å². The smallest absolute Gasteiger partial charge is 0.0596 e. The van der Waals surface area contributed by atoms with E-state index in [1.165, 1.54) is 38.6 Å². The average Bonchev–Trinajstić information content (AvgIpc) is 2.19. The summed E-state index contributed by atoms with van der Waals surface area (Å²) in [6, 6.07) is 0. The summed E-state index contributed by atoms with van der Waals surface area (Å²) < 4.78 is 0. The van der Waals surface area contributed by atoms with Gasteiger partial charge in [-0.3, -0.25) is 4.90 Å². The van der Waals surface area contributed by atoms with Gasteiger partial charge in [0.1, 0.15) is 0 Å². The first-order valence-electron chi connectivity index (χ1n) is 5.91. The quantitative estimate of drug-likeness (QED) is 0.619.